The molecular formula is C22H35ClIN5O. The van der Waals surface area contributed by atoms with E-state index in [9.17, 15) is 4.79 Å². The molecule has 1 atom stereocenters. The zero-order valence-corrected chi connectivity index (χ0v) is 21.1. The maximum atomic E-state index is 12.3. The molecule has 6 nitrogen and oxygen atoms in total. The Kier molecular flexibility index (Phi) is 10.7. The minimum Gasteiger partial charge on any atom is -0.357 e. The second-order valence-corrected chi connectivity index (χ2v) is 8.44. The first-order chi connectivity index (χ1) is 14.1. The minimum atomic E-state index is -0.0526. The fraction of sp³-hybridized carbons (Fsp3) is 0.636. The summed E-state index contributed by atoms with van der Waals surface area (Å²) < 4.78 is 0. The van der Waals surface area contributed by atoms with Gasteiger partial charge >= 0.3 is 0 Å². The predicted octanol–water partition coefficient (Wildman–Crippen LogP) is 4.17. The van der Waals surface area contributed by atoms with E-state index in [0.717, 1.165) is 42.8 Å². The van der Waals surface area contributed by atoms with Gasteiger partial charge in [-0.15, -0.1) is 24.0 Å². The summed E-state index contributed by atoms with van der Waals surface area (Å²) in [4.78, 5) is 19.5. The molecule has 30 heavy (non-hydrogen) atoms. The van der Waals surface area contributed by atoms with Crippen LogP contribution in [0.3, 0.4) is 0 Å². The lowest BCUT2D eigenvalue weighted by molar-refractivity contribution is -0.116. The van der Waals surface area contributed by atoms with Crippen LogP contribution in [-0.4, -0.2) is 55.0 Å². The molecule has 1 aliphatic carbocycles. The molecule has 0 bridgehead atoms. The maximum Gasteiger partial charge on any atom is 0.226 e. The average molecular weight is 548 g/mol. The van der Waals surface area contributed by atoms with Gasteiger partial charge in [0.15, 0.2) is 5.96 Å². The Morgan fingerprint density at radius 2 is 2.03 bits per heavy atom. The standard InChI is InChI=1S/C22H34ClN5O.HI/c1-3-24-22(26-17-12-14-28(15-17)18-7-4-5-8-18)25-13-11-21(29)27-20-10-6-9-19(23)16(20)2;/h6,9-10,17-18H,3-5,7-8,11-15H2,1-2H3,(H,27,29)(H2,24,25,26);1H. The Hall–Kier alpha value is -1.06. The first kappa shape index (κ1) is 25.2. The lowest BCUT2D eigenvalue weighted by atomic mass is 10.2. The largest absolute Gasteiger partial charge is 0.357 e. The van der Waals surface area contributed by atoms with Crippen molar-refractivity contribution in [1.82, 2.24) is 15.5 Å². The smallest absolute Gasteiger partial charge is 0.226 e. The maximum absolute atomic E-state index is 12.3. The van der Waals surface area contributed by atoms with E-state index in [1.54, 1.807) is 0 Å². The minimum absolute atomic E-state index is 0. The van der Waals surface area contributed by atoms with Gasteiger partial charge in [-0.3, -0.25) is 14.7 Å². The molecule has 1 saturated carbocycles. The van der Waals surface area contributed by atoms with Gasteiger partial charge in [0.2, 0.25) is 5.91 Å². The summed E-state index contributed by atoms with van der Waals surface area (Å²) >= 11 is 6.12. The summed E-state index contributed by atoms with van der Waals surface area (Å²) in [5.74, 6) is 0.751. The molecule has 1 saturated heterocycles. The van der Waals surface area contributed by atoms with Crippen LogP contribution in [0.4, 0.5) is 5.69 Å². The van der Waals surface area contributed by atoms with E-state index in [1.807, 2.05) is 25.1 Å². The zero-order chi connectivity index (χ0) is 20.6. The van der Waals surface area contributed by atoms with Crippen molar-refractivity contribution in [3.05, 3.63) is 28.8 Å². The third kappa shape index (κ3) is 7.27. The van der Waals surface area contributed by atoms with Gasteiger partial charge in [-0.2, -0.15) is 0 Å². The van der Waals surface area contributed by atoms with E-state index in [1.165, 1.54) is 32.2 Å². The number of nitrogens with one attached hydrogen (secondary N) is 3. The van der Waals surface area contributed by atoms with Crippen molar-refractivity contribution in [3.63, 3.8) is 0 Å². The van der Waals surface area contributed by atoms with Crippen molar-refractivity contribution in [2.45, 2.75) is 64.5 Å². The molecule has 0 aromatic heterocycles. The van der Waals surface area contributed by atoms with Crippen LogP contribution in [-0.2, 0) is 4.79 Å². The highest BCUT2D eigenvalue weighted by molar-refractivity contribution is 14.0. The molecule has 1 unspecified atom stereocenters. The summed E-state index contributed by atoms with van der Waals surface area (Å²) in [7, 11) is 0. The van der Waals surface area contributed by atoms with Crippen LogP contribution in [0.25, 0.3) is 0 Å². The van der Waals surface area contributed by atoms with Crippen molar-refractivity contribution in [1.29, 1.82) is 0 Å². The van der Waals surface area contributed by atoms with Crippen LogP contribution in [0.1, 0.15) is 51.0 Å². The number of anilines is 1. The fourth-order valence-electron chi connectivity index (χ4n) is 4.24. The number of aliphatic imine (C=N–C) groups is 1. The Balaban J connectivity index is 0.00000320. The third-order valence-electron chi connectivity index (χ3n) is 5.90. The van der Waals surface area contributed by atoms with Crippen molar-refractivity contribution >= 4 is 53.1 Å². The molecule has 1 aromatic rings. The van der Waals surface area contributed by atoms with Gasteiger partial charge in [-0.05, 0) is 50.8 Å². The normalized spacial score (nSPS) is 20.1. The first-order valence-corrected chi connectivity index (χ1v) is 11.3. The number of hydrogen-bond acceptors (Lipinski definition) is 3. The van der Waals surface area contributed by atoms with Gasteiger partial charge in [-0.1, -0.05) is 30.5 Å². The van der Waals surface area contributed by atoms with Gasteiger partial charge in [0, 0.05) is 48.8 Å². The SMILES string of the molecule is CCNC(=NCCC(=O)Nc1cccc(Cl)c1C)NC1CCN(C2CCCC2)C1.I. The summed E-state index contributed by atoms with van der Waals surface area (Å²) in [6.45, 7) is 7.47. The highest BCUT2D eigenvalue weighted by atomic mass is 127. The number of guanidine groups is 1. The molecule has 2 fully saturated rings. The van der Waals surface area contributed by atoms with E-state index in [0.29, 0.717) is 24.0 Å². The molecule has 1 amide bonds. The molecule has 0 spiro atoms. The van der Waals surface area contributed by atoms with Gasteiger partial charge in [0.05, 0.1) is 6.54 Å². The van der Waals surface area contributed by atoms with Crippen LogP contribution >= 0.6 is 35.6 Å². The fourth-order valence-corrected chi connectivity index (χ4v) is 4.42. The van der Waals surface area contributed by atoms with Crippen LogP contribution in [0, 0.1) is 6.92 Å². The second-order valence-electron chi connectivity index (χ2n) is 8.03. The number of benzene rings is 1. The van der Waals surface area contributed by atoms with Crippen molar-refractivity contribution < 1.29 is 4.79 Å². The molecular weight excluding hydrogens is 513 g/mol. The van der Waals surface area contributed by atoms with Gasteiger partial charge in [0.1, 0.15) is 0 Å². The second kappa shape index (κ2) is 12.7. The Labute approximate surface area is 202 Å². The summed E-state index contributed by atoms with van der Waals surface area (Å²) in [5.41, 5.74) is 1.64. The lowest BCUT2D eigenvalue weighted by Crippen LogP contribution is -2.45. The Bertz CT molecular complexity index is 723. The average Bonchev–Trinajstić information content (AvgIpc) is 3.37. The molecule has 1 heterocycles. The molecule has 0 radical (unpaired) electrons. The number of amides is 1. The first-order valence-electron chi connectivity index (χ1n) is 10.9. The van der Waals surface area contributed by atoms with Crippen molar-refractivity contribution in [2.75, 3.05) is 31.5 Å². The van der Waals surface area contributed by atoms with Crippen LogP contribution in [0.15, 0.2) is 23.2 Å². The molecule has 1 aromatic carbocycles. The van der Waals surface area contributed by atoms with Gasteiger partial charge < -0.3 is 16.0 Å². The van der Waals surface area contributed by atoms with Crippen molar-refractivity contribution in [3.8, 4) is 0 Å². The highest BCUT2D eigenvalue weighted by Crippen LogP contribution is 2.26. The predicted molar refractivity (Wildman–Crippen MR) is 136 cm³/mol. The lowest BCUT2D eigenvalue weighted by Gasteiger charge is -2.24. The third-order valence-corrected chi connectivity index (χ3v) is 6.31. The molecule has 8 heteroatoms. The van der Waals surface area contributed by atoms with E-state index >= 15 is 0 Å². The summed E-state index contributed by atoms with van der Waals surface area (Å²) in [5, 5.41) is 10.4. The monoisotopic (exact) mass is 547 g/mol. The van der Waals surface area contributed by atoms with Gasteiger partial charge in [0.25, 0.3) is 0 Å². The number of likely N-dealkylation sites (tertiary alicyclic amines) is 1. The van der Waals surface area contributed by atoms with Crippen LogP contribution < -0.4 is 16.0 Å². The van der Waals surface area contributed by atoms with E-state index in [4.69, 9.17) is 11.6 Å². The number of nitrogens with zero attached hydrogens (tertiary/aromatic N) is 2. The quantitative estimate of drug-likeness (QED) is 0.272. The van der Waals surface area contributed by atoms with E-state index < -0.39 is 0 Å². The number of carbonyl (C=O) groups excluding carboxylic acids is 1. The summed E-state index contributed by atoms with van der Waals surface area (Å²) in [6, 6.07) is 6.73. The van der Waals surface area contributed by atoms with Crippen LogP contribution in [0.5, 0.6) is 0 Å². The molecule has 168 valence electrons. The Morgan fingerprint density at radius 1 is 1.27 bits per heavy atom. The van der Waals surface area contributed by atoms with Crippen molar-refractivity contribution in [2.24, 2.45) is 4.99 Å². The van der Waals surface area contributed by atoms with Crippen LogP contribution in [0.2, 0.25) is 5.02 Å². The number of rotatable bonds is 7. The molecule has 3 rings (SSSR count). The number of hydrogen-bond donors (Lipinski definition) is 3. The zero-order valence-electron chi connectivity index (χ0n) is 18.0. The number of carbonyl (C=O) groups is 1. The molecule has 1 aliphatic heterocycles. The summed E-state index contributed by atoms with van der Waals surface area (Å²) in [6.07, 6.45) is 6.93. The molecule has 2 aliphatic rings. The topological polar surface area (TPSA) is 68.8 Å². The van der Waals surface area contributed by atoms with E-state index in [2.05, 4.69) is 32.8 Å². The number of halogens is 2. The Morgan fingerprint density at radius 3 is 2.77 bits per heavy atom. The van der Waals surface area contributed by atoms with Gasteiger partial charge in [-0.25, -0.2) is 0 Å². The molecule has 3 N–H and O–H groups in total. The highest BCUT2D eigenvalue weighted by Gasteiger charge is 2.30. The van der Waals surface area contributed by atoms with E-state index in [-0.39, 0.29) is 29.9 Å².